The van der Waals surface area contributed by atoms with Gasteiger partial charge in [0.1, 0.15) is 9.71 Å². The van der Waals surface area contributed by atoms with Crippen molar-refractivity contribution in [2.45, 2.75) is 51.1 Å². The molecule has 2 aromatic heterocycles. The molecule has 5 nitrogen and oxygen atoms in total. The van der Waals surface area contributed by atoms with Gasteiger partial charge >= 0.3 is 0 Å². The van der Waals surface area contributed by atoms with Crippen molar-refractivity contribution >= 4 is 38.8 Å². The van der Waals surface area contributed by atoms with Crippen LogP contribution in [0.4, 0.5) is 11.4 Å². The number of nitrogens with zero attached hydrogens (tertiary/aromatic N) is 2. The van der Waals surface area contributed by atoms with Gasteiger partial charge in [0, 0.05) is 35.4 Å². The number of aromatic nitrogens is 1. The van der Waals surface area contributed by atoms with Crippen LogP contribution in [0.1, 0.15) is 46.6 Å². The molecule has 1 aromatic carbocycles. The highest BCUT2D eigenvalue weighted by Gasteiger charge is 2.40. The zero-order chi connectivity index (χ0) is 20.0. The Hall–Kier alpha value is -2.60. The van der Waals surface area contributed by atoms with Crippen LogP contribution in [-0.4, -0.2) is 29.5 Å². The number of hydrogen-bond donors (Lipinski definition) is 2. The summed E-state index contributed by atoms with van der Waals surface area (Å²) in [6, 6.07) is 14.2. The number of piperidine rings is 1. The number of anilines is 2. The van der Waals surface area contributed by atoms with Gasteiger partial charge in [-0.15, -0.1) is 11.3 Å². The molecule has 2 bridgehead atoms. The van der Waals surface area contributed by atoms with Crippen LogP contribution in [0.25, 0.3) is 10.2 Å². The number of pyridine rings is 1. The fourth-order valence-electron chi connectivity index (χ4n) is 4.72. The van der Waals surface area contributed by atoms with E-state index in [1.54, 1.807) is 0 Å². The molecule has 2 aliphatic heterocycles. The molecule has 0 saturated carbocycles. The number of rotatable bonds is 5. The lowest BCUT2D eigenvalue weighted by atomic mass is 9.79. The predicted octanol–water partition coefficient (Wildman–Crippen LogP) is 4.29. The van der Waals surface area contributed by atoms with Crippen molar-refractivity contribution in [3.63, 3.8) is 0 Å². The smallest absolute Gasteiger partial charge is 0.263 e. The fraction of sp³-hybridized carbons (Fsp3) is 0.391. The molecule has 4 heterocycles. The Balaban J connectivity index is 1.19. The highest BCUT2D eigenvalue weighted by atomic mass is 32.1. The number of hydrogen-bond acceptors (Lipinski definition) is 5. The van der Waals surface area contributed by atoms with E-state index in [0.717, 1.165) is 34.4 Å². The molecule has 5 rings (SSSR count). The van der Waals surface area contributed by atoms with Crippen molar-refractivity contribution in [1.29, 1.82) is 0 Å². The number of carbonyl (C=O) groups excluding carboxylic acids is 1. The lowest BCUT2D eigenvalue weighted by Crippen LogP contribution is -2.59. The highest BCUT2D eigenvalue weighted by molar-refractivity contribution is 7.21. The average Bonchev–Trinajstić information content (AvgIpc) is 3.05. The van der Waals surface area contributed by atoms with Crippen LogP contribution in [-0.2, 0) is 6.42 Å². The number of nitrogens with two attached hydrogens (primary N) is 1. The molecule has 2 saturated heterocycles. The van der Waals surface area contributed by atoms with Gasteiger partial charge in [0.15, 0.2) is 0 Å². The molecule has 2 aliphatic rings. The van der Waals surface area contributed by atoms with E-state index in [1.807, 2.05) is 19.1 Å². The van der Waals surface area contributed by atoms with Crippen molar-refractivity contribution in [3.8, 4) is 0 Å². The maximum Gasteiger partial charge on any atom is 0.263 e. The van der Waals surface area contributed by atoms with Crippen molar-refractivity contribution in [2.24, 2.45) is 0 Å². The zero-order valence-corrected chi connectivity index (χ0v) is 17.5. The molecule has 2 atom stereocenters. The lowest BCUT2D eigenvalue weighted by Gasteiger charge is -2.54. The van der Waals surface area contributed by atoms with Crippen LogP contribution in [0.3, 0.4) is 0 Å². The average molecular weight is 407 g/mol. The van der Waals surface area contributed by atoms with Crippen LogP contribution in [0.2, 0.25) is 0 Å². The van der Waals surface area contributed by atoms with Gasteiger partial charge in [-0.05, 0) is 68.9 Å². The maximum absolute atomic E-state index is 12.6. The van der Waals surface area contributed by atoms with Gasteiger partial charge in [-0.3, -0.25) is 4.79 Å². The van der Waals surface area contributed by atoms with Gasteiger partial charge in [0.2, 0.25) is 0 Å². The minimum absolute atomic E-state index is 0.117. The second-order valence-electron chi connectivity index (χ2n) is 8.20. The van der Waals surface area contributed by atoms with Crippen molar-refractivity contribution in [1.82, 2.24) is 10.3 Å². The quantitative estimate of drug-likeness (QED) is 0.663. The standard InChI is InChI=1S/C23H26N4OS/c1-14-5-10-19-20(24)21(29-23(19)26-14)22(28)25-12-11-15-6-8-16(9-7-15)27-17-3-2-4-18(27)13-17/h5-10,17-18H,2-4,11-13,24H2,1H3,(H,25,28). The Bertz CT molecular complexity index is 1040. The molecule has 3 aromatic rings. The summed E-state index contributed by atoms with van der Waals surface area (Å²) in [7, 11) is 0. The van der Waals surface area contributed by atoms with Gasteiger partial charge in [0.25, 0.3) is 5.91 Å². The third kappa shape index (κ3) is 3.35. The minimum atomic E-state index is -0.117. The summed E-state index contributed by atoms with van der Waals surface area (Å²) in [5.74, 6) is -0.117. The number of nitrogen functional groups attached to an aromatic ring is 1. The van der Waals surface area contributed by atoms with E-state index in [-0.39, 0.29) is 5.91 Å². The van der Waals surface area contributed by atoms with E-state index in [9.17, 15) is 4.79 Å². The Kier molecular flexibility index (Phi) is 4.66. The van der Waals surface area contributed by atoms with E-state index >= 15 is 0 Å². The lowest BCUT2D eigenvalue weighted by molar-refractivity contribution is 0.0959. The van der Waals surface area contributed by atoms with E-state index in [2.05, 4.69) is 39.5 Å². The second-order valence-corrected chi connectivity index (χ2v) is 9.20. The summed E-state index contributed by atoms with van der Waals surface area (Å²) in [5, 5.41) is 3.87. The van der Waals surface area contributed by atoms with E-state index < -0.39 is 0 Å². The molecule has 6 heteroatoms. The first-order valence-corrected chi connectivity index (χ1v) is 11.2. The molecule has 3 N–H and O–H groups in total. The summed E-state index contributed by atoms with van der Waals surface area (Å²) in [5.41, 5.74) is 10.2. The first-order chi connectivity index (χ1) is 14.1. The number of amides is 1. The van der Waals surface area contributed by atoms with Crippen molar-refractivity contribution < 1.29 is 4.79 Å². The molecule has 29 heavy (non-hydrogen) atoms. The topological polar surface area (TPSA) is 71.2 Å². The monoisotopic (exact) mass is 406 g/mol. The molecule has 0 spiro atoms. The van der Waals surface area contributed by atoms with E-state index in [1.165, 1.54) is 48.3 Å². The first-order valence-electron chi connectivity index (χ1n) is 10.4. The summed E-state index contributed by atoms with van der Waals surface area (Å²) >= 11 is 1.36. The van der Waals surface area contributed by atoms with Crippen LogP contribution < -0.4 is 16.0 Å². The molecular weight excluding hydrogens is 380 g/mol. The third-order valence-corrected chi connectivity index (χ3v) is 7.39. The second kappa shape index (κ2) is 7.34. The summed E-state index contributed by atoms with van der Waals surface area (Å²) < 4.78 is 0. The Morgan fingerprint density at radius 3 is 2.69 bits per heavy atom. The molecule has 2 unspecified atom stereocenters. The van der Waals surface area contributed by atoms with Crippen LogP contribution in [0.5, 0.6) is 0 Å². The van der Waals surface area contributed by atoms with Gasteiger partial charge in [-0.1, -0.05) is 12.1 Å². The Labute approximate surface area is 174 Å². The molecule has 1 amide bonds. The predicted molar refractivity (Wildman–Crippen MR) is 120 cm³/mol. The van der Waals surface area contributed by atoms with E-state index in [0.29, 0.717) is 17.1 Å². The molecular formula is C23H26N4OS. The molecule has 2 fully saturated rings. The van der Waals surface area contributed by atoms with Crippen LogP contribution >= 0.6 is 11.3 Å². The van der Waals surface area contributed by atoms with Gasteiger partial charge in [0.05, 0.1) is 5.69 Å². The minimum Gasteiger partial charge on any atom is -0.397 e. The Morgan fingerprint density at radius 2 is 1.97 bits per heavy atom. The normalized spacial score (nSPS) is 20.5. The van der Waals surface area contributed by atoms with Crippen molar-refractivity contribution in [3.05, 3.63) is 52.5 Å². The molecule has 0 radical (unpaired) electrons. The molecule has 150 valence electrons. The van der Waals surface area contributed by atoms with Gasteiger partial charge < -0.3 is 16.0 Å². The van der Waals surface area contributed by atoms with Crippen LogP contribution in [0, 0.1) is 6.92 Å². The summed E-state index contributed by atoms with van der Waals surface area (Å²) in [4.78, 5) is 21.0. The molecule has 0 aliphatic carbocycles. The highest BCUT2D eigenvalue weighted by Crippen LogP contribution is 2.41. The van der Waals surface area contributed by atoms with Gasteiger partial charge in [-0.25, -0.2) is 4.98 Å². The maximum atomic E-state index is 12.6. The number of thiophene rings is 1. The number of aryl methyl sites for hydroxylation is 1. The largest absolute Gasteiger partial charge is 0.397 e. The number of fused-ring (bicyclic) bond motifs is 3. The number of benzene rings is 1. The first kappa shape index (κ1) is 18.4. The number of nitrogens with one attached hydrogen (secondary N) is 1. The fourth-order valence-corrected chi connectivity index (χ4v) is 5.78. The van der Waals surface area contributed by atoms with Crippen LogP contribution in [0.15, 0.2) is 36.4 Å². The van der Waals surface area contributed by atoms with Crippen molar-refractivity contribution in [2.75, 3.05) is 17.2 Å². The number of carbonyl (C=O) groups is 1. The van der Waals surface area contributed by atoms with Gasteiger partial charge in [-0.2, -0.15) is 0 Å². The zero-order valence-electron chi connectivity index (χ0n) is 16.6. The Morgan fingerprint density at radius 1 is 1.21 bits per heavy atom. The van der Waals surface area contributed by atoms with E-state index in [4.69, 9.17) is 5.73 Å². The third-order valence-electron chi connectivity index (χ3n) is 6.28. The SMILES string of the molecule is Cc1ccc2c(N)c(C(=O)NCCc3ccc(N4C5CCCC4C5)cc3)sc2n1. The summed E-state index contributed by atoms with van der Waals surface area (Å²) in [6.45, 7) is 2.53. The summed E-state index contributed by atoms with van der Waals surface area (Å²) in [6.07, 6.45) is 6.22.